The molecule has 5 amide bonds. The molecule has 0 aromatic heterocycles. The van der Waals surface area contributed by atoms with Crippen molar-refractivity contribution in [2.24, 2.45) is 5.92 Å². The number of hydrogen-bond acceptors (Lipinski definition) is 8. The van der Waals surface area contributed by atoms with Gasteiger partial charge < -0.3 is 19.7 Å². The number of benzene rings is 1. The van der Waals surface area contributed by atoms with Crippen LogP contribution in [0.5, 0.6) is 0 Å². The number of piperidine rings is 1. The molecule has 3 aliphatic rings. The van der Waals surface area contributed by atoms with Gasteiger partial charge in [-0.1, -0.05) is 19.1 Å². The average Bonchev–Trinajstić information content (AvgIpc) is 3.26. The van der Waals surface area contributed by atoms with Crippen molar-refractivity contribution in [3.63, 3.8) is 0 Å². The highest BCUT2D eigenvalue weighted by atomic mass is 16.6. The fourth-order valence-corrected chi connectivity index (χ4v) is 6.54. The zero-order valence-corrected chi connectivity index (χ0v) is 27.9. The summed E-state index contributed by atoms with van der Waals surface area (Å²) < 4.78 is 10.9. The van der Waals surface area contributed by atoms with E-state index in [9.17, 15) is 24.0 Å². The Hall–Kier alpha value is -3.47. The molecular weight excluding hydrogens is 576 g/mol. The molecule has 45 heavy (non-hydrogen) atoms. The summed E-state index contributed by atoms with van der Waals surface area (Å²) in [4.78, 5) is 66.1. The van der Waals surface area contributed by atoms with Gasteiger partial charge in [0.2, 0.25) is 11.8 Å². The van der Waals surface area contributed by atoms with E-state index in [4.69, 9.17) is 9.47 Å². The number of nitrogens with one attached hydrogen (secondary N) is 2. The Bertz CT molecular complexity index is 1300. The van der Waals surface area contributed by atoms with Gasteiger partial charge in [0, 0.05) is 29.6 Å². The lowest BCUT2D eigenvalue weighted by Gasteiger charge is -2.42. The van der Waals surface area contributed by atoms with E-state index in [1.807, 2.05) is 12.1 Å². The van der Waals surface area contributed by atoms with Crippen LogP contribution >= 0.6 is 0 Å². The number of amides is 5. The smallest absolute Gasteiger partial charge is 0.420 e. The second-order valence-electron chi connectivity index (χ2n) is 14.7. The van der Waals surface area contributed by atoms with Gasteiger partial charge in [0.15, 0.2) is 0 Å². The fourth-order valence-electron chi connectivity index (χ4n) is 6.54. The summed E-state index contributed by atoms with van der Waals surface area (Å²) in [6.07, 6.45) is 4.36. The van der Waals surface area contributed by atoms with Crippen molar-refractivity contribution in [2.45, 2.75) is 129 Å². The zero-order valence-electron chi connectivity index (χ0n) is 27.9. The Morgan fingerprint density at radius 3 is 2.33 bits per heavy atom. The molecule has 11 heteroatoms. The van der Waals surface area contributed by atoms with Gasteiger partial charge in [0.05, 0.1) is 6.61 Å². The summed E-state index contributed by atoms with van der Waals surface area (Å²) in [5, 5.41) is 6.21. The first kappa shape index (κ1) is 34.4. The van der Waals surface area contributed by atoms with Crippen LogP contribution < -0.4 is 10.6 Å². The van der Waals surface area contributed by atoms with E-state index < -0.39 is 35.3 Å². The average molecular weight is 627 g/mol. The minimum atomic E-state index is -0.809. The summed E-state index contributed by atoms with van der Waals surface area (Å²) in [7, 11) is 0. The van der Waals surface area contributed by atoms with Crippen LogP contribution in [0.1, 0.15) is 121 Å². The normalized spacial score (nSPS) is 23.8. The van der Waals surface area contributed by atoms with Crippen molar-refractivity contribution in [3.05, 3.63) is 34.9 Å². The van der Waals surface area contributed by atoms with Gasteiger partial charge in [-0.25, -0.2) is 14.5 Å². The molecule has 2 fully saturated rings. The van der Waals surface area contributed by atoms with Gasteiger partial charge in [-0.2, -0.15) is 0 Å². The van der Waals surface area contributed by atoms with Crippen LogP contribution in [-0.4, -0.2) is 70.0 Å². The molecule has 1 unspecified atom stereocenters. The number of unbranched alkanes of at least 4 members (excludes halogenated alkanes) is 1. The van der Waals surface area contributed by atoms with E-state index in [2.05, 4.69) is 23.6 Å². The highest BCUT2D eigenvalue weighted by Gasteiger charge is 2.44. The van der Waals surface area contributed by atoms with Crippen molar-refractivity contribution < 1.29 is 33.4 Å². The largest absolute Gasteiger partial charge is 0.449 e. The lowest BCUT2D eigenvalue weighted by atomic mass is 9.71. The highest BCUT2D eigenvalue weighted by molar-refractivity contribution is 6.05. The number of fused-ring (bicyclic) bond motifs is 1. The molecule has 2 heterocycles. The first-order chi connectivity index (χ1) is 21.0. The number of nitrogens with zero attached hydrogens (tertiary/aromatic N) is 2. The molecule has 0 radical (unpaired) electrons. The molecule has 1 aromatic rings. The van der Waals surface area contributed by atoms with Gasteiger partial charge in [-0.15, -0.1) is 0 Å². The van der Waals surface area contributed by atoms with Crippen LogP contribution in [0.25, 0.3) is 0 Å². The van der Waals surface area contributed by atoms with Gasteiger partial charge in [-0.3, -0.25) is 19.7 Å². The van der Waals surface area contributed by atoms with Crippen LogP contribution in [0.2, 0.25) is 0 Å². The topological polar surface area (TPSA) is 134 Å². The van der Waals surface area contributed by atoms with E-state index in [-0.39, 0.29) is 30.4 Å². The molecule has 4 rings (SSSR count). The van der Waals surface area contributed by atoms with Crippen LogP contribution in [0, 0.1) is 5.92 Å². The van der Waals surface area contributed by atoms with Crippen molar-refractivity contribution in [3.8, 4) is 0 Å². The van der Waals surface area contributed by atoms with Crippen molar-refractivity contribution in [2.75, 3.05) is 13.2 Å². The Kier molecular flexibility index (Phi) is 10.3. The molecule has 0 bridgehead atoms. The molecule has 1 saturated carbocycles. The van der Waals surface area contributed by atoms with E-state index in [0.29, 0.717) is 37.4 Å². The third-order valence-electron chi connectivity index (χ3n) is 8.91. The predicted molar refractivity (Wildman–Crippen MR) is 168 cm³/mol. The Morgan fingerprint density at radius 2 is 1.71 bits per heavy atom. The molecule has 11 nitrogen and oxygen atoms in total. The minimum absolute atomic E-state index is 0.163. The third kappa shape index (κ3) is 8.04. The monoisotopic (exact) mass is 626 g/mol. The van der Waals surface area contributed by atoms with Gasteiger partial charge in [-0.05, 0) is 116 Å². The molecule has 1 aromatic carbocycles. The first-order valence-electron chi connectivity index (χ1n) is 16.2. The lowest BCUT2D eigenvalue weighted by Crippen LogP contribution is -2.52. The summed E-state index contributed by atoms with van der Waals surface area (Å²) in [6.45, 7) is 14.0. The lowest BCUT2D eigenvalue weighted by molar-refractivity contribution is -0.136. The van der Waals surface area contributed by atoms with Crippen LogP contribution in [-0.2, 0) is 31.1 Å². The molecule has 1 aliphatic carbocycles. The predicted octanol–water partition coefficient (Wildman–Crippen LogP) is 5.40. The van der Waals surface area contributed by atoms with E-state index in [0.717, 1.165) is 48.1 Å². The number of rotatable bonds is 8. The second-order valence-corrected chi connectivity index (χ2v) is 14.7. The number of carbonyl (C=O) groups excluding carboxylic acids is 5. The molecule has 248 valence electrons. The second kappa shape index (κ2) is 13.5. The maximum atomic E-state index is 13.5. The standard InChI is InChI=1S/C34H50N4O7/c1-22-15-17-34(18-16-22,35-19-8-9-20-44-30(42)38(32(2,3)4)31(43)45-33(5,6)7)25-12-10-11-23-24(25)21-37(29(23)41)26-13-14-27(39)36-28(26)40/h10-12,22,26,35H,8-9,13-21H2,1-7H3,(H,36,39,40). The summed E-state index contributed by atoms with van der Waals surface area (Å²) in [6, 6.07) is 5.20. The molecular formula is C34H50N4O7. The molecule has 2 N–H and O–H groups in total. The summed E-state index contributed by atoms with van der Waals surface area (Å²) >= 11 is 0. The number of imide groups is 2. The molecule has 1 atom stereocenters. The van der Waals surface area contributed by atoms with E-state index in [1.165, 1.54) is 0 Å². The summed E-state index contributed by atoms with van der Waals surface area (Å²) in [5.74, 6) is -0.276. The Balaban J connectivity index is 1.40. The number of hydrogen-bond donors (Lipinski definition) is 2. The van der Waals surface area contributed by atoms with Gasteiger partial charge >= 0.3 is 12.2 Å². The highest BCUT2D eigenvalue weighted by Crippen LogP contribution is 2.43. The van der Waals surface area contributed by atoms with Gasteiger partial charge in [0.25, 0.3) is 5.91 Å². The molecule has 0 spiro atoms. The molecule has 1 saturated heterocycles. The van der Waals surface area contributed by atoms with Crippen LogP contribution in [0.4, 0.5) is 9.59 Å². The van der Waals surface area contributed by atoms with Gasteiger partial charge in [0.1, 0.15) is 11.6 Å². The van der Waals surface area contributed by atoms with Crippen molar-refractivity contribution in [1.82, 2.24) is 20.4 Å². The van der Waals surface area contributed by atoms with Crippen LogP contribution in [0.15, 0.2) is 18.2 Å². The van der Waals surface area contributed by atoms with Crippen LogP contribution in [0.3, 0.4) is 0 Å². The number of ether oxygens (including phenoxy) is 2. The quantitative estimate of drug-likeness (QED) is 0.290. The Labute approximate surface area is 266 Å². The minimum Gasteiger partial charge on any atom is -0.449 e. The van der Waals surface area contributed by atoms with Crippen molar-refractivity contribution in [1.29, 1.82) is 0 Å². The maximum Gasteiger partial charge on any atom is 0.420 e. The number of carbonyl (C=O) groups is 5. The maximum absolute atomic E-state index is 13.5. The third-order valence-corrected chi connectivity index (χ3v) is 8.91. The summed E-state index contributed by atoms with van der Waals surface area (Å²) in [5.41, 5.74) is 0.797. The fraction of sp³-hybridized carbons (Fsp3) is 0.676. The zero-order chi connectivity index (χ0) is 33.2. The van der Waals surface area contributed by atoms with E-state index in [1.54, 1.807) is 46.4 Å². The SMILES string of the molecule is CC1CCC(NCCCCOC(=O)N(C(=O)OC(C)(C)C)C(C)(C)C)(c2cccc3c2CN(C2CCC(=O)NC2=O)C3=O)CC1. The Morgan fingerprint density at radius 1 is 1.02 bits per heavy atom. The van der Waals surface area contributed by atoms with Crippen molar-refractivity contribution >= 4 is 29.9 Å². The first-order valence-corrected chi connectivity index (χ1v) is 16.2. The molecule has 2 aliphatic heterocycles. The van der Waals surface area contributed by atoms with E-state index >= 15 is 0 Å².